The minimum absolute atomic E-state index is 0.0494. The Bertz CT molecular complexity index is 1390. The van der Waals surface area contributed by atoms with E-state index in [-0.39, 0.29) is 23.3 Å². The van der Waals surface area contributed by atoms with E-state index in [1.54, 1.807) is 47.6 Å². The van der Waals surface area contributed by atoms with Gasteiger partial charge < -0.3 is 9.47 Å². The first-order chi connectivity index (χ1) is 17.1. The molecule has 0 amide bonds. The molecule has 0 radical (unpaired) electrons. The summed E-state index contributed by atoms with van der Waals surface area (Å²) in [6.45, 7) is 2.33. The zero-order valence-corrected chi connectivity index (χ0v) is 20.1. The van der Waals surface area contributed by atoms with Crippen LogP contribution in [-0.2, 0) is 4.74 Å². The van der Waals surface area contributed by atoms with Crippen LogP contribution in [0, 0.1) is 0 Å². The number of imidazole rings is 1. The molecule has 0 atom stereocenters. The van der Waals surface area contributed by atoms with Gasteiger partial charge in [0.15, 0.2) is 5.65 Å². The molecule has 1 aromatic carbocycles. The van der Waals surface area contributed by atoms with Crippen molar-refractivity contribution < 1.29 is 14.3 Å². The number of nitrogens with one attached hydrogen (secondary N) is 1. The monoisotopic (exact) mass is 495 g/mol. The fourth-order valence-electron chi connectivity index (χ4n) is 4.49. The van der Waals surface area contributed by atoms with Crippen molar-refractivity contribution in [2.45, 2.75) is 51.6 Å². The number of rotatable bonds is 7. The average Bonchev–Trinajstić information content (AvgIpc) is 3.50. The number of hydrogen-bond donors (Lipinski definition) is 1. The third-order valence-electron chi connectivity index (χ3n) is 6.10. The molecule has 1 aliphatic rings. The third kappa shape index (κ3) is 4.55. The molecular weight excluding hydrogens is 470 g/mol. The van der Waals surface area contributed by atoms with Crippen LogP contribution in [0.5, 0.6) is 6.01 Å². The summed E-state index contributed by atoms with van der Waals surface area (Å²) in [7, 11) is 0. The van der Waals surface area contributed by atoms with E-state index >= 15 is 0 Å². The molecule has 9 nitrogen and oxygen atoms in total. The summed E-state index contributed by atoms with van der Waals surface area (Å²) < 4.78 is 14.6. The maximum Gasteiger partial charge on any atom is 0.343 e. The second-order valence-electron chi connectivity index (χ2n) is 8.57. The Hall–Kier alpha value is -3.59. The van der Waals surface area contributed by atoms with Crippen molar-refractivity contribution >= 4 is 23.2 Å². The van der Waals surface area contributed by atoms with Crippen molar-refractivity contribution in [1.29, 1.82) is 0 Å². The molecule has 1 saturated carbocycles. The molecule has 3 heterocycles. The van der Waals surface area contributed by atoms with E-state index in [4.69, 9.17) is 21.1 Å². The number of benzene rings is 1. The molecule has 3 aromatic heterocycles. The SMILES string of the molecule is CCCOc1nc2c(C(=O)OC3CCCCC3)c(-c3ccc(Cl)cc3)c(-n3ccnc3)n2c(=O)[nH]1. The predicted octanol–water partition coefficient (Wildman–Crippen LogP) is 4.81. The van der Waals surface area contributed by atoms with Crippen molar-refractivity contribution in [1.82, 2.24) is 23.9 Å². The molecule has 0 aliphatic heterocycles. The first-order valence-corrected chi connectivity index (χ1v) is 12.2. The van der Waals surface area contributed by atoms with Crippen LogP contribution in [0.25, 0.3) is 22.6 Å². The van der Waals surface area contributed by atoms with E-state index in [0.29, 0.717) is 28.6 Å². The van der Waals surface area contributed by atoms with E-state index in [2.05, 4.69) is 15.0 Å². The first-order valence-electron chi connectivity index (χ1n) is 11.8. The summed E-state index contributed by atoms with van der Waals surface area (Å²) in [5.41, 5.74) is 1.07. The lowest BCUT2D eigenvalue weighted by Gasteiger charge is -2.22. The molecule has 0 bridgehead atoms. The summed E-state index contributed by atoms with van der Waals surface area (Å²) in [6.07, 6.45) is 10.3. The van der Waals surface area contributed by atoms with Crippen LogP contribution in [0.15, 0.2) is 47.8 Å². The zero-order chi connectivity index (χ0) is 24.4. The lowest BCUT2D eigenvalue weighted by atomic mass is 9.97. The number of aromatic nitrogens is 5. The summed E-state index contributed by atoms with van der Waals surface area (Å²) in [5, 5.41) is 0.555. The highest BCUT2D eigenvalue weighted by atomic mass is 35.5. The van der Waals surface area contributed by atoms with Crippen LogP contribution in [-0.4, -0.2) is 42.6 Å². The standard InChI is InChI=1S/C25H26ClN5O4/c1-2-14-34-24-28-21-20(23(32)35-18-6-4-3-5-7-18)19(16-8-10-17(26)11-9-16)22(30-13-12-27-15-30)31(21)25(33)29-24/h8-13,15,18H,2-7,14H2,1H3,(H,28,29,33). The molecule has 1 N–H and O–H groups in total. The van der Waals surface area contributed by atoms with E-state index in [0.717, 1.165) is 38.5 Å². The number of ether oxygens (including phenoxy) is 2. The highest BCUT2D eigenvalue weighted by molar-refractivity contribution is 6.30. The van der Waals surface area contributed by atoms with Gasteiger partial charge >= 0.3 is 11.7 Å². The lowest BCUT2D eigenvalue weighted by molar-refractivity contribution is 0.0214. The van der Waals surface area contributed by atoms with Crippen LogP contribution < -0.4 is 10.4 Å². The van der Waals surface area contributed by atoms with Gasteiger partial charge in [0, 0.05) is 23.0 Å². The van der Waals surface area contributed by atoms with Crippen LogP contribution in [0.4, 0.5) is 0 Å². The average molecular weight is 496 g/mol. The van der Waals surface area contributed by atoms with Gasteiger partial charge in [-0.2, -0.15) is 4.98 Å². The maximum atomic E-state index is 13.7. The molecule has 35 heavy (non-hydrogen) atoms. The molecule has 0 spiro atoms. The van der Waals surface area contributed by atoms with Crippen molar-refractivity contribution in [3.8, 4) is 23.0 Å². The fourth-order valence-corrected chi connectivity index (χ4v) is 4.62. The highest BCUT2D eigenvalue weighted by Crippen LogP contribution is 2.36. The number of nitrogens with zero attached hydrogens (tertiary/aromatic N) is 4. The second-order valence-corrected chi connectivity index (χ2v) is 9.01. The van der Waals surface area contributed by atoms with Crippen LogP contribution >= 0.6 is 11.6 Å². The van der Waals surface area contributed by atoms with Gasteiger partial charge in [0.05, 0.1) is 6.61 Å². The van der Waals surface area contributed by atoms with Crippen molar-refractivity contribution in [3.63, 3.8) is 0 Å². The van der Waals surface area contributed by atoms with Gasteiger partial charge in [-0.15, -0.1) is 0 Å². The molecule has 182 valence electrons. The number of aromatic amines is 1. The predicted molar refractivity (Wildman–Crippen MR) is 131 cm³/mol. The van der Waals surface area contributed by atoms with Crippen LogP contribution in [0.2, 0.25) is 5.02 Å². The van der Waals surface area contributed by atoms with Crippen LogP contribution in [0.1, 0.15) is 55.8 Å². The van der Waals surface area contributed by atoms with Gasteiger partial charge in [0.25, 0.3) is 6.01 Å². The smallest absolute Gasteiger partial charge is 0.343 e. The van der Waals surface area contributed by atoms with E-state index in [1.807, 2.05) is 6.92 Å². The van der Waals surface area contributed by atoms with E-state index < -0.39 is 11.7 Å². The minimum Gasteiger partial charge on any atom is -0.465 e. The summed E-state index contributed by atoms with van der Waals surface area (Å²) in [6, 6.07) is 7.13. The second kappa shape index (κ2) is 9.95. The molecule has 0 saturated heterocycles. The van der Waals surface area contributed by atoms with Crippen molar-refractivity contribution in [2.75, 3.05) is 6.61 Å². The third-order valence-corrected chi connectivity index (χ3v) is 6.35. The minimum atomic E-state index is -0.523. The highest BCUT2D eigenvalue weighted by Gasteiger charge is 2.31. The topological polar surface area (TPSA) is 104 Å². The zero-order valence-electron chi connectivity index (χ0n) is 19.4. The lowest BCUT2D eigenvalue weighted by Crippen LogP contribution is -2.23. The van der Waals surface area contributed by atoms with Crippen molar-refractivity contribution in [3.05, 3.63) is 64.1 Å². The molecule has 5 rings (SSSR count). The fraction of sp³-hybridized carbons (Fsp3) is 0.360. The quantitative estimate of drug-likeness (QED) is 0.369. The Kier molecular flexibility index (Phi) is 6.59. The normalized spacial score (nSPS) is 14.3. The number of hydrogen-bond acceptors (Lipinski definition) is 6. The number of carbonyl (C=O) groups excluding carboxylic acids is 1. The Morgan fingerprint density at radius 2 is 1.97 bits per heavy atom. The Morgan fingerprint density at radius 1 is 1.20 bits per heavy atom. The van der Waals surface area contributed by atoms with Gasteiger partial charge in [0.1, 0.15) is 23.8 Å². The number of esters is 1. The molecule has 1 aliphatic carbocycles. The Balaban J connectivity index is 1.78. The maximum absolute atomic E-state index is 13.7. The van der Waals surface area contributed by atoms with Gasteiger partial charge in [-0.1, -0.05) is 37.1 Å². The number of halogens is 1. The summed E-state index contributed by atoms with van der Waals surface area (Å²) in [5.74, 6) is -0.100. The Labute approximate surface area is 206 Å². The van der Waals surface area contributed by atoms with E-state index in [1.165, 1.54) is 4.40 Å². The van der Waals surface area contributed by atoms with E-state index in [9.17, 15) is 9.59 Å². The van der Waals surface area contributed by atoms with Crippen LogP contribution in [0.3, 0.4) is 0 Å². The van der Waals surface area contributed by atoms with Crippen molar-refractivity contribution in [2.24, 2.45) is 0 Å². The molecule has 10 heteroatoms. The molecular formula is C25H26ClN5O4. The number of fused-ring (bicyclic) bond motifs is 1. The first kappa shape index (κ1) is 23.2. The van der Waals surface area contributed by atoms with Gasteiger partial charge in [0.2, 0.25) is 0 Å². The number of carbonyl (C=O) groups is 1. The molecule has 0 unspecified atom stereocenters. The molecule has 4 aromatic rings. The van der Waals surface area contributed by atoms with Gasteiger partial charge in [-0.3, -0.25) is 9.55 Å². The Morgan fingerprint density at radius 3 is 2.66 bits per heavy atom. The van der Waals surface area contributed by atoms with Gasteiger partial charge in [-0.05, 0) is 49.8 Å². The summed E-state index contributed by atoms with van der Waals surface area (Å²) in [4.78, 5) is 38.4. The largest absolute Gasteiger partial charge is 0.465 e. The number of H-pyrrole nitrogens is 1. The summed E-state index contributed by atoms with van der Waals surface area (Å²) >= 11 is 6.15. The van der Waals surface area contributed by atoms with Gasteiger partial charge in [-0.25, -0.2) is 19.0 Å². The molecule has 1 fully saturated rings.